The van der Waals surface area contributed by atoms with Crippen LogP contribution in [0.15, 0.2) is 18.2 Å². The number of hydrogen-bond acceptors (Lipinski definition) is 3. The topological polar surface area (TPSA) is 55.2 Å². The summed E-state index contributed by atoms with van der Waals surface area (Å²) in [5.74, 6) is 0.681. The largest absolute Gasteiger partial charge is 0.382 e. The van der Waals surface area contributed by atoms with Gasteiger partial charge in [0, 0.05) is 23.9 Å². The van der Waals surface area contributed by atoms with Crippen molar-refractivity contribution in [2.75, 3.05) is 5.32 Å². The molecule has 0 radical (unpaired) electrons. The zero-order valence-corrected chi connectivity index (χ0v) is 11.6. The first kappa shape index (κ1) is 14.5. The predicted molar refractivity (Wildman–Crippen MR) is 75.0 cm³/mol. The summed E-state index contributed by atoms with van der Waals surface area (Å²) in [5.41, 5.74) is 2.04. The monoisotopic (exact) mass is 250 g/mol. The van der Waals surface area contributed by atoms with E-state index in [-0.39, 0.29) is 10.6 Å². The smallest absolute Gasteiger partial charge is 0.271 e. The van der Waals surface area contributed by atoms with Crippen molar-refractivity contribution in [3.8, 4) is 0 Å². The lowest BCUT2D eigenvalue weighted by Crippen LogP contribution is -2.16. The van der Waals surface area contributed by atoms with Crippen LogP contribution in [0.2, 0.25) is 0 Å². The minimum Gasteiger partial charge on any atom is -0.382 e. The molecule has 0 spiro atoms. The van der Waals surface area contributed by atoms with Gasteiger partial charge in [-0.2, -0.15) is 0 Å². The standard InChI is InChI=1S/C14H22N2O2/c1-10(2)5-7-12(4)15-14-9-13(16(17)18)8-6-11(14)3/h6,8-10,12,15H,5,7H2,1-4H3. The maximum Gasteiger partial charge on any atom is 0.271 e. The number of nitrogens with one attached hydrogen (secondary N) is 1. The normalized spacial score (nSPS) is 12.5. The highest BCUT2D eigenvalue weighted by atomic mass is 16.6. The Hall–Kier alpha value is -1.58. The molecule has 1 unspecified atom stereocenters. The summed E-state index contributed by atoms with van der Waals surface area (Å²) in [5, 5.41) is 14.1. The number of nitro groups is 1. The Balaban J connectivity index is 2.71. The quantitative estimate of drug-likeness (QED) is 0.609. The maximum absolute atomic E-state index is 10.7. The molecule has 0 bridgehead atoms. The predicted octanol–water partition coefficient (Wildman–Crippen LogP) is 4.14. The van der Waals surface area contributed by atoms with Crippen LogP contribution < -0.4 is 5.32 Å². The van der Waals surface area contributed by atoms with Crippen LogP contribution in [0, 0.1) is 23.0 Å². The lowest BCUT2D eigenvalue weighted by Gasteiger charge is -2.17. The molecule has 0 heterocycles. The van der Waals surface area contributed by atoms with Gasteiger partial charge in [0.2, 0.25) is 0 Å². The summed E-state index contributed by atoms with van der Waals surface area (Å²) < 4.78 is 0. The van der Waals surface area contributed by atoms with Gasteiger partial charge in [-0.25, -0.2) is 0 Å². The number of non-ortho nitro benzene ring substituents is 1. The first-order valence-electron chi connectivity index (χ1n) is 6.41. The Labute approximate surface area is 109 Å². The fraction of sp³-hybridized carbons (Fsp3) is 0.571. The zero-order valence-electron chi connectivity index (χ0n) is 11.6. The van der Waals surface area contributed by atoms with Crippen LogP contribution in [-0.2, 0) is 0 Å². The summed E-state index contributed by atoms with van der Waals surface area (Å²) >= 11 is 0. The van der Waals surface area contributed by atoms with Crippen LogP contribution >= 0.6 is 0 Å². The number of nitrogens with zero attached hydrogens (tertiary/aromatic N) is 1. The van der Waals surface area contributed by atoms with E-state index in [4.69, 9.17) is 0 Å². The van der Waals surface area contributed by atoms with Crippen molar-refractivity contribution in [3.63, 3.8) is 0 Å². The van der Waals surface area contributed by atoms with Crippen molar-refractivity contribution >= 4 is 11.4 Å². The van der Waals surface area contributed by atoms with Gasteiger partial charge >= 0.3 is 0 Å². The van der Waals surface area contributed by atoms with Crippen molar-refractivity contribution in [1.29, 1.82) is 0 Å². The molecule has 18 heavy (non-hydrogen) atoms. The number of rotatable bonds is 6. The Morgan fingerprint density at radius 3 is 2.50 bits per heavy atom. The molecule has 100 valence electrons. The van der Waals surface area contributed by atoms with Gasteiger partial charge in [-0.15, -0.1) is 0 Å². The van der Waals surface area contributed by atoms with Gasteiger partial charge in [-0.1, -0.05) is 19.9 Å². The van der Waals surface area contributed by atoms with Crippen molar-refractivity contribution < 1.29 is 4.92 Å². The second kappa shape index (κ2) is 6.38. The van der Waals surface area contributed by atoms with Crippen LogP contribution in [0.25, 0.3) is 0 Å². The molecule has 4 nitrogen and oxygen atoms in total. The Morgan fingerprint density at radius 2 is 1.94 bits per heavy atom. The van der Waals surface area contributed by atoms with E-state index >= 15 is 0 Å². The fourth-order valence-corrected chi connectivity index (χ4v) is 1.80. The molecule has 0 aliphatic rings. The molecule has 1 atom stereocenters. The first-order chi connectivity index (χ1) is 8.40. The SMILES string of the molecule is Cc1ccc([N+](=O)[O-])cc1NC(C)CCC(C)C. The van der Waals surface area contributed by atoms with Gasteiger partial charge in [0.1, 0.15) is 0 Å². The van der Waals surface area contributed by atoms with Crippen LogP contribution in [0.4, 0.5) is 11.4 Å². The second-order valence-corrected chi connectivity index (χ2v) is 5.27. The molecule has 0 aliphatic carbocycles. The average molecular weight is 250 g/mol. The molecule has 0 amide bonds. The van der Waals surface area contributed by atoms with Crippen molar-refractivity contribution in [3.05, 3.63) is 33.9 Å². The van der Waals surface area contributed by atoms with E-state index in [0.717, 1.165) is 24.1 Å². The molecule has 0 saturated carbocycles. The molecule has 0 fully saturated rings. The third-order valence-corrected chi connectivity index (χ3v) is 3.01. The fourth-order valence-electron chi connectivity index (χ4n) is 1.80. The highest BCUT2D eigenvalue weighted by Crippen LogP contribution is 2.23. The highest BCUT2D eigenvalue weighted by Gasteiger charge is 2.10. The maximum atomic E-state index is 10.7. The molecule has 1 aromatic carbocycles. The van der Waals surface area contributed by atoms with E-state index in [1.165, 1.54) is 0 Å². The molecule has 4 heteroatoms. The number of anilines is 1. The average Bonchev–Trinajstić information content (AvgIpc) is 2.29. The summed E-state index contributed by atoms with van der Waals surface area (Å²) in [6.45, 7) is 8.47. The van der Waals surface area contributed by atoms with Gasteiger partial charge in [0.25, 0.3) is 5.69 Å². The first-order valence-corrected chi connectivity index (χ1v) is 6.41. The third kappa shape index (κ3) is 4.35. The van der Waals surface area contributed by atoms with Gasteiger partial charge in [0.05, 0.1) is 4.92 Å². The van der Waals surface area contributed by atoms with E-state index < -0.39 is 0 Å². The highest BCUT2D eigenvalue weighted by molar-refractivity contribution is 5.57. The number of hydrogen-bond donors (Lipinski definition) is 1. The number of aryl methyl sites for hydroxylation is 1. The second-order valence-electron chi connectivity index (χ2n) is 5.27. The lowest BCUT2D eigenvalue weighted by molar-refractivity contribution is -0.384. The van der Waals surface area contributed by atoms with Crippen LogP contribution in [0.1, 0.15) is 39.2 Å². The lowest BCUT2D eigenvalue weighted by atomic mass is 10.0. The molecule has 0 aromatic heterocycles. The van der Waals surface area contributed by atoms with E-state index in [9.17, 15) is 10.1 Å². The van der Waals surface area contributed by atoms with Crippen molar-refractivity contribution in [2.45, 2.75) is 46.6 Å². The molecular formula is C14H22N2O2. The minimum atomic E-state index is -0.358. The summed E-state index contributed by atoms with van der Waals surface area (Å²) in [6.07, 6.45) is 2.22. The van der Waals surface area contributed by atoms with Gasteiger partial charge in [-0.3, -0.25) is 10.1 Å². The summed E-state index contributed by atoms with van der Waals surface area (Å²) in [7, 11) is 0. The van der Waals surface area contributed by atoms with Crippen LogP contribution in [0.5, 0.6) is 0 Å². The Bertz CT molecular complexity index is 416. The molecule has 0 saturated heterocycles. The number of benzene rings is 1. The molecule has 0 aliphatic heterocycles. The minimum absolute atomic E-state index is 0.138. The van der Waals surface area contributed by atoms with Gasteiger partial charge in [-0.05, 0) is 38.2 Å². The Morgan fingerprint density at radius 1 is 1.28 bits per heavy atom. The van der Waals surface area contributed by atoms with E-state index in [1.807, 2.05) is 6.92 Å². The summed E-state index contributed by atoms with van der Waals surface area (Å²) in [6, 6.07) is 5.27. The van der Waals surface area contributed by atoms with E-state index in [0.29, 0.717) is 12.0 Å². The van der Waals surface area contributed by atoms with E-state index in [1.54, 1.807) is 18.2 Å². The summed E-state index contributed by atoms with van der Waals surface area (Å²) in [4.78, 5) is 10.4. The molecule has 1 rings (SSSR count). The molecular weight excluding hydrogens is 228 g/mol. The molecule has 1 N–H and O–H groups in total. The zero-order chi connectivity index (χ0) is 13.7. The van der Waals surface area contributed by atoms with E-state index in [2.05, 4.69) is 26.1 Å². The van der Waals surface area contributed by atoms with Gasteiger partial charge < -0.3 is 5.32 Å². The van der Waals surface area contributed by atoms with Crippen molar-refractivity contribution in [2.24, 2.45) is 5.92 Å². The van der Waals surface area contributed by atoms with Gasteiger partial charge in [0.15, 0.2) is 0 Å². The van der Waals surface area contributed by atoms with Crippen molar-refractivity contribution in [1.82, 2.24) is 0 Å². The van der Waals surface area contributed by atoms with Crippen LogP contribution in [-0.4, -0.2) is 11.0 Å². The number of nitro benzene ring substituents is 1. The Kier molecular flexibility index (Phi) is 5.13. The van der Waals surface area contributed by atoms with Crippen LogP contribution in [0.3, 0.4) is 0 Å². The molecule has 1 aromatic rings. The third-order valence-electron chi connectivity index (χ3n) is 3.01.